The molecule has 0 unspecified atom stereocenters. The largest absolute Gasteiger partial charge is 0.352 e. The molecular weight excluding hydrogens is 529 g/mol. The molecule has 3 aromatic carbocycles. The Morgan fingerprint density at radius 1 is 0.875 bits per heavy atom. The monoisotopic (exact) mass is 567 g/mol. The quantitative estimate of drug-likeness (QED) is 0.319. The molecule has 7 nitrogen and oxygen atoms in total. The minimum atomic E-state index is -4.33. The summed E-state index contributed by atoms with van der Waals surface area (Å²) in [6, 6.07) is 18.2. The maximum absolute atomic E-state index is 15.0. The smallest absolute Gasteiger partial charge is 0.264 e. The van der Waals surface area contributed by atoms with Gasteiger partial charge in [0.1, 0.15) is 18.4 Å². The van der Waals surface area contributed by atoms with Crippen LogP contribution in [-0.2, 0) is 26.2 Å². The van der Waals surface area contributed by atoms with Gasteiger partial charge in [0.05, 0.1) is 10.6 Å². The molecule has 0 fully saturated rings. The number of halogens is 1. The van der Waals surface area contributed by atoms with Gasteiger partial charge < -0.3 is 10.2 Å². The molecule has 0 saturated heterocycles. The summed E-state index contributed by atoms with van der Waals surface area (Å²) < 4.78 is 43.4. The molecule has 2 atom stereocenters. The van der Waals surface area contributed by atoms with Crippen molar-refractivity contribution in [2.45, 2.75) is 71.0 Å². The van der Waals surface area contributed by atoms with E-state index in [9.17, 15) is 18.0 Å². The summed E-state index contributed by atoms with van der Waals surface area (Å²) in [6.07, 6.45) is 1.02. The van der Waals surface area contributed by atoms with E-state index >= 15 is 4.39 Å². The van der Waals surface area contributed by atoms with E-state index in [2.05, 4.69) is 5.32 Å². The minimum Gasteiger partial charge on any atom is -0.352 e. The lowest BCUT2D eigenvalue weighted by atomic mass is 10.1. The zero-order chi connectivity index (χ0) is 29.4. The molecule has 0 radical (unpaired) electrons. The molecule has 0 bridgehead atoms. The van der Waals surface area contributed by atoms with E-state index in [1.165, 1.54) is 35.2 Å². The van der Waals surface area contributed by atoms with Crippen LogP contribution < -0.4 is 9.62 Å². The number of anilines is 1. The second-order valence-corrected chi connectivity index (χ2v) is 11.9. The molecular formula is C31H38FN3O4S. The van der Waals surface area contributed by atoms with E-state index < -0.39 is 34.3 Å². The maximum atomic E-state index is 15.0. The third-order valence-electron chi connectivity index (χ3n) is 6.87. The SMILES string of the molecule is CC[C@H](C(=O)N[C@@H](C)CC)N(Cc1ccc(C)cc1)C(=O)CN(c1ccccc1F)S(=O)(=O)c1ccc(C)cc1. The highest BCUT2D eigenvalue weighted by atomic mass is 32.2. The van der Waals surface area contributed by atoms with Gasteiger partial charge in [-0.25, -0.2) is 12.8 Å². The van der Waals surface area contributed by atoms with Crippen molar-refractivity contribution in [3.63, 3.8) is 0 Å². The van der Waals surface area contributed by atoms with Crippen LogP contribution in [0.2, 0.25) is 0 Å². The Balaban J connectivity index is 2.06. The predicted molar refractivity (Wildman–Crippen MR) is 156 cm³/mol. The first-order chi connectivity index (χ1) is 19.0. The number of para-hydroxylation sites is 1. The van der Waals surface area contributed by atoms with Crippen LogP contribution in [0.5, 0.6) is 0 Å². The van der Waals surface area contributed by atoms with Crippen LogP contribution in [0.4, 0.5) is 10.1 Å². The molecule has 0 aromatic heterocycles. The standard InChI is InChI=1S/C31H38FN3O4S/c1-6-24(5)33-31(37)28(7-2)34(20-25-16-12-22(3)13-17-25)30(36)21-35(29-11-9-8-10-27(29)32)40(38,39)26-18-14-23(4)15-19-26/h8-19,24,28H,6-7,20-21H2,1-5H3,(H,33,37)/t24-,28+/m0/s1. The molecule has 0 heterocycles. The van der Waals surface area contributed by atoms with Crippen LogP contribution in [0.3, 0.4) is 0 Å². The number of benzene rings is 3. The van der Waals surface area contributed by atoms with Crippen molar-refractivity contribution < 1.29 is 22.4 Å². The molecule has 0 spiro atoms. The van der Waals surface area contributed by atoms with Gasteiger partial charge >= 0.3 is 0 Å². The summed E-state index contributed by atoms with van der Waals surface area (Å²) in [5.41, 5.74) is 2.43. The Morgan fingerprint density at radius 2 is 1.45 bits per heavy atom. The zero-order valence-electron chi connectivity index (χ0n) is 23.7. The Labute approximate surface area is 237 Å². The van der Waals surface area contributed by atoms with Gasteiger partial charge in [-0.1, -0.05) is 73.5 Å². The number of sulfonamides is 1. The summed E-state index contributed by atoms with van der Waals surface area (Å²) in [6.45, 7) is 8.80. The molecule has 0 aliphatic heterocycles. The van der Waals surface area contributed by atoms with Gasteiger partial charge in [-0.3, -0.25) is 13.9 Å². The fourth-order valence-electron chi connectivity index (χ4n) is 4.26. The first-order valence-electron chi connectivity index (χ1n) is 13.5. The second-order valence-electron chi connectivity index (χ2n) is 10.0. The van der Waals surface area contributed by atoms with E-state index in [1.54, 1.807) is 19.1 Å². The van der Waals surface area contributed by atoms with Crippen molar-refractivity contribution in [3.8, 4) is 0 Å². The number of carbonyl (C=O) groups excluding carboxylic acids is 2. The predicted octanol–water partition coefficient (Wildman–Crippen LogP) is 5.36. The Hall–Kier alpha value is -3.72. The molecule has 3 rings (SSSR count). The lowest BCUT2D eigenvalue weighted by Crippen LogP contribution is -2.53. The molecule has 214 valence electrons. The minimum absolute atomic E-state index is 0.0687. The Bertz CT molecular complexity index is 1410. The highest BCUT2D eigenvalue weighted by Crippen LogP contribution is 2.27. The highest BCUT2D eigenvalue weighted by molar-refractivity contribution is 7.92. The summed E-state index contributed by atoms with van der Waals surface area (Å²) in [7, 11) is -4.33. The molecule has 0 aliphatic rings. The maximum Gasteiger partial charge on any atom is 0.264 e. The fourth-order valence-corrected chi connectivity index (χ4v) is 5.68. The lowest BCUT2D eigenvalue weighted by molar-refractivity contribution is -0.140. The van der Waals surface area contributed by atoms with E-state index in [-0.39, 0.29) is 29.1 Å². The lowest BCUT2D eigenvalue weighted by Gasteiger charge is -2.33. The average molecular weight is 568 g/mol. The van der Waals surface area contributed by atoms with E-state index in [0.717, 1.165) is 27.1 Å². The number of hydrogen-bond donors (Lipinski definition) is 1. The number of aryl methyl sites for hydroxylation is 2. The normalized spacial score (nSPS) is 12.8. The molecule has 0 saturated carbocycles. The van der Waals surface area contributed by atoms with Crippen LogP contribution in [0, 0.1) is 19.7 Å². The molecule has 0 aliphatic carbocycles. The number of amides is 2. The van der Waals surface area contributed by atoms with Gasteiger partial charge in [0.25, 0.3) is 10.0 Å². The van der Waals surface area contributed by atoms with Crippen LogP contribution >= 0.6 is 0 Å². The van der Waals surface area contributed by atoms with Gasteiger partial charge in [0.2, 0.25) is 11.8 Å². The van der Waals surface area contributed by atoms with E-state index in [4.69, 9.17) is 0 Å². The average Bonchev–Trinajstić information content (AvgIpc) is 2.93. The molecule has 40 heavy (non-hydrogen) atoms. The number of nitrogens with zero attached hydrogens (tertiary/aromatic N) is 2. The number of nitrogens with one attached hydrogen (secondary N) is 1. The zero-order valence-corrected chi connectivity index (χ0v) is 24.5. The van der Waals surface area contributed by atoms with Crippen LogP contribution in [0.1, 0.15) is 50.3 Å². The van der Waals surface area contributed by atoms with Crippen molar-refractivity contribution in [3.05, 3.63) is 95.3 Å². The second kappa shape index (κ2) is 13.6. The van der Waals surface area contributed by atoms with E-state index in [1.807, 2.05) is 52.0 Å². The highest BCUT2D eigenvalue weighted by Gasteiger charge is 2.34. The third kappa shape index (κ3) is 7.47. The fraction of sp³-hybridized carbons (Fsp3) is 0.355. The summed E-state index contributed by atoms with van der Waals surface area (Å²) in [4.78, 5) is 28.6. The Kier molecular flexibility index (Phi) is 10.5. The first-order valence-corrected chi connectivity index (χ1v) is 14.9. The third-order valence-corrected chi connectivity index (χ3v) is 8.64. The first kappa shape index (κ1) is 30.8. The molecule has 9 heteroatoms. The van der Waals surface area contributed by atoms with Gasteiger partial charge in [-0.2, -0.15) is 0 Å². The summed E-state index contributed by atoms with van der Waals surface area (Å²) >= 11 is 0. The van der Waals surface area contributed by atoms with Gasteiger partial charge in [-0.05, 0) is 63.4 Å². The number of rotatable bonds is 12. The van der Waals surface area contributed by atoms with Crippen molar-refractivity contribution in [2.75, 3.05) is 10.8 Å². The van der Waals surface area contributed by atoms with Crippen molar-refractivity contribution in [1.82, 2.24) is 10.2 Å². The van der Waals surface area contributed by atoms with E-state index in [0.29, 0.717) is 12.8 Å². The van der Waals surface area contributed by atoms with Gasteiger partial charge in [-0.15, -0.1) is 0 Å². The molecule has 1 N–H and O–H groups in total. The summed E-state index contributed by atoms with van der Waals surface area (Å²) in [5, 5.41) is 2.94. The van der Waals surface area contributed by atoms with Crippen molar-refractivity contribution in [1.29, 1.82) is 0 Å². The Morgan fingerprint density at radius 3 is 2.00 bits per heavy atom. The van der Waals surface area contributed by atoms with Gasteiger partial charge in [0.15, 0.2) is 0 Å². The molecule has 3 aromatic rings. The van der Waals surface area contributed by atoms with Gasteiger partial charge in [0, 0.05) is 12.6 Å². The number of hydrogen-bond acceptors (Lipinski definition) is 4. The van der Waals surface area contributed by atoms with Crippen LogP contribution in [-0.4, -0.2) is 43.8 Å². The van der Waals surface area contributed by atoms with Crippen LogP contribution in [0.15, 0.2) is 77.7 Å². The van der Waals surface area contributed by atoms with Crippen molar-refractivity contribution in [2.24, 2.45) is 0 Å². The summed E-state index contributed by atoms with van der Waals surface area (Å²) in [5.74, 6) is -1.72. The number of carbonyl (C=O) groups is 2. The van der Waals surface area contributed by atoms with Crippen molar-refractivity contribution >= 4 is 27.5 Å². The van der Waals surface area contributed by atoms with Crippen LogP contribution in [0.25, 0.3) is 0 Å². The topological polar surface area (TPSA) is 86.8 Å². The molecule has 2 amide bonds.